The molecular weight excluding hydrogens is 332 g/mol. The highest BCUT2D eigenvalue weighted by molar-refractivity contribution is 5.93. The van der Waals surface area contributed by atoms with Gasteiger partial charge < -0.3 is 9.30 Å². The van der Waals surface area contributed by atoms with E-state index in [0.717, 1.165) is 24.8 Å². The molecule has 0 aliphatic heterocycles. The summed E-state index contributed by atoms with van der Waals surface area (Å²) in [4.78, 5) is 29.8. The van der Waals surface area contributed by atoms with E-state index >= 15 is 0 Å². The van der Waals surface area contributed by atoms with Crippen LogP contribution in [0.3, 0.4) is 0 Å². The van der Waals surface area contributed by atoms with E-state index in [1.807, 2.05) is 13.0 Å². The molecule has 0 aliphatic rings. The predicted octanol–water partition coefficient (Wildman–Crippen LogP) is 2.41. The van der Waals surface area contributed by atoms with E-state index < -0.39 is 5.97 Å². The van der Waals surface area contributed by atoms with Crippen molar-refractivity contribution in [2.75, 3.05) is 7.11 Å². The molecule has 7 heteroatoms. The lowest BCUT2D eigenvalue weighted by atomic mass is 10.2. The van der Waals surface area contributed by atoms with Crippen LogP contribution in [0.2, 0.25) is 0 Å². The number of aromatic nitrogens is 3. The quantitative estimate of drug-likeness (QED) is 0.433. The van der Waals surface area contributed by atoms with E-state index in [9.17, 15) is 9.59 Å². The van der Waals surface area contributed by atoms with Gasteiger partial charge in [-0.3, -0.25) is 14.6 Å². The molecule has 0 atom stereocenters. The van der Waals surface area contributed by atoms with Crippen molar-refractivity contribution in [3.63, 3.8) is 0 Å². The fourth-order valence-electron chi connectivity index (χ4n) is 3.10. The van der Waals surface area contributed by atoms with E-state index in [2.05, 4.69) is 11.9 Å². The molecule has 0 saturated carbocycles. The maximum absolute atomic E-state index is 13.0. The van der Waals surface area contributed by atoms with Gasteiger partial charge in [-0.1, -0.05) is 25.8 Å². The third kappa shape index (κ3) is 2.89. The van der Waals surface area contributed by atoms with E-state index in [-0.39, 0.29) is 16.6 Å². The highest BCUT2D eigenvalue weighted by Crippen LogP contribution is 2.14. The Balaban J connectivity index is 2.42. The Bertz CT molecular complexity index is 1110. The van der Waals surface area contributed by atoms with Gasteiger partial charge in [0.2, 0.25) is 0 Å². The summed E-state index contributed by atoms with van der Waals surface area (Å²) in [5, 5.41) is 8.75. The molecule has 136 valence electrons. The molecule has 0 radical (unpaired) electrons. The fourth-order valence-corrected chi connectivity index (χ4v) is 3.10. The highest BCUT2D eigenvalue weighted by Gasteiger charge is 2.18. The third-order valence-corrected chi connectivity index (χ3v) is 4.52. The summed E-state index contributed by atoms with van der Waals surface area (Å²) in [6.45, 7) is 4.50. The number of fused-ring (bicyclic) bond motifs is 2. The van der Waals surface area contributed by atoms with Crippen molar-refractivity contribution in [1.82, 2.24) is 14.0 Å². The summed E-state index contributed by atoms with van der Waals surface area (Å²) in [5.74, 6) is -0.630. The number of hydrogen-bond donors (Lipinski definition) is 1. The van der Waals surface area contributed by atoms with Crippen LogP contribution in [-0.4, -0.2) is 27.0 Å². The zero-order valence-electron chi connectivity index (χ0n) is 15.2. The summed E-state index contributed by atoms with van der Waals surface area (Å²) in [6.07, 6.45) is 4.51. The van der Waals surface area contributed by atoms with Crippen LogP contribution in [0.1, 0.15) is 42.1 Å². The molecule has 3 heterocycles. The van der Waals surface area contributed by atoms with Crippen molar-refractivity contribution in [2.24, 2.45) is 0 Å². The van der Waals surface area contributed by atoms with Crippen molar-refractivity contribution >= 4 is 22.6 Å². The lowest BCUT2D eigenvalue weighted by Crippen LogP contribution is -2.30. The number of carbonyl (C=O) groups is 1. The van der Waals surface area contributed by atoms with Gasteiger partial charge in [0, 0.05) is 12.7 Å². The maximum atomic E-state index is 13.0. The highest BCUT2D eigenvalue weighted by atomic mass is 16.5. The summed E-state index contributed by atoms with van der Waals surface area (Å²) in [5.41, 5.74) is 1.68. The molecule has 0 spiro atoms. The van der Waals surface area contributed by atoms with Gasteiger partial charge in [0.1, 0.15) is 22.3 Å². The Labute approximate surface area is 150 Å². The molecule has 3 rings (SSSR count). The number of rotatable bonds is 5. The molecule has 26 heavy (non-hydrogen) atoms. The second-order valence-corrected chi connectivity index (χ2v) is 6.30. The van der Waals surface area contributed by atoms with Crippen LogP contribution in [0.15, 0.2) is 29.2 Å². The fraction of sp³-hybridized carbons (Fsp3) is 0.368. The molecule has 0 fully saturated rings. The van der Waals surface area contributed by atoms with Crippen molar-refractivity contribution in [2.45, 2.75) is 39.7 Å². The number of esters is 1. The number of unbranched alkanes of at least 4 members (excludes halogenated alkanes) is 2. The SMILES string of the molecule is CCCCCn1c(=N)c(C(=O)OC)cc2c(=O)n3cccc(C)c3nc21. The normalized spacial score (nSPS) is 11.2. The minimum atomic E-state index is -0.630. The average Bonchev–Trinajstić information content (AvgIpc) is 2.64. The van der Waals surface area contributed by atoms with Crippen LogP contribution < -0.4 is 11.0 Å². The van der Waals surface area contributed by atoms with E-state index in [4.69, 9.17) is 10.1 Å². The Morgan fingerprint density at radius 2 is 2.08 bits per heavy atom. The second-order valence-electron chi connectivity index (χ2n) is 6.30. The predicted molar refractivity (Wildman–Crippen MR) is 98.4 cm³/mol. The number of hydrogen-bond acceptors (Lipinski definition) is 5. The molecule has 0 saturated heterocycles. The Morgan fingerprint density at radius 1 is 1.31 bits per heavy atom. The zero-order valence-corrected chi connectivity index (χ0v) is 15.2. The van der Waals surface area contributed by atoms with Gasteiger partial charge in [0.25, 0.3) is 5.56 Å². The Morgan fingerprint density at radius 3 is 2.77 bits per heavy atom. The van der Waals surface area contributed by atoms with E-state index in [0.29, 0.717) is 23.2 Å². The number of nitrogens with one attached hydrogen (secondary N) is 1. The van der Waals surface area contributed by atoms with Gasteiger partial charge in [-0.25, -0.2) is 9.78 Å². The van der Waals surface area contributed by atoms with Crippen molar-refractivity contribution < 1.29 is 9.53 Å². The van der Waals surface area contributed by atoms with Crippen LogP contribution in [0.4, 0.5) is 0 Å². The molecule has 7 nitrogen and oxygen atoms in total. The number of methoxy groups -OCH3 is 1. The van der Waals surface area contributed by atoms with Crippen molar-refractivity contribution in [1.29, 1.82) is 5.41 Å². The van der Waals surface area contributed by atoms with Gasteiger partial charge in [-0.05, 0) is 31.0 Å². The zero-order chi connectivity index (χ0) is 18.8. The molecule has 3 aromatic rings. The monoisotopic (exact) mass is 354 g/mol. The van der Waals surface area contributed by atoms with Crippen LogP contribution in [-0.2, 0) is 11.3 Å². The molecule has 0 unspecified atom stereocenters. The Hall–Kier alpha value is -2.96. The third-order valence-electron chi connectivity index (χ3n) is 4.52. The lowest BCUT2D eigenvalue weighted by molar-refractivity contribution is 0.0597. The molecule has 0 aliphatic carbocycles. The van der Waals surface area contributed by atoms with E-state index in [1.165, 1.54) is 17.6 Å². The number of ether oxygens (including phenoxy) is 1. The minimum Gasteiger partial charge on any atom is -0.465 e. The maximum Gasteiger partial charge on any atom is 0.341 e. The summed E-state index contributed by atoms with van der Waals surface area (Å²) < 4.78 is 7.91. The summed E-state index contributed by atoms with van der Waals surface area (Å²) in [7, 11) is 1.27. The molecule has 0 amide bonds. The van der Waals surface area contributed by atoms with Gasteiger partial charge in [-0.2, -0.15) is 0 Å². The Kier molecular flexibility index (Phi) is 4.88. The van der Waals surface area contributed by atoms with Gasteiger partial charge in [0.15, 0.2) is 0 Å². The number of aryl methyl sites for hydroxylation is 2. The molecule has 1 N–H and O–H groups in total. The smallest absolute Gasteiger partial charge is 0.341 e. The average molecular weight is 354 g/mol. The molecule has 0 aromatic carbocycles. The van der Waals surface area contributed by atoms with Crippen LogP contribution in [0, 0.1) is 12.3 Å². The molecule has 0 bridgehead atoms. The first-order chi connectivity index (χ1) is 12.5. The summed E-state index contributed by atoms with van der Waals surface area (Å²) in [6, 6.07) is 5.09. The van der Waals surface area contributed by atoms with Gasteiger partial charge in [0.05, 0.1) is 12.5 Å². The standard InChI is InChI=1S/C19H22N4O3/c1-4-5-6-9-22-15(20)13(19(25)26-3)11-14-17(22)21-16-12(2)8-7-10-23(16)18(14)24/h7-8,10-11,20H,4-6,9H2,1-3H3. The first-order valence-electron chi connectivity index (χ1n) is 8.68. The van der Waals surface area contributed by atoms with Crippen molar-refractivity contribution in [3.05, 3.63) is 51.4 Å². The first-order valence-corrected chi connectivity index (χ1v) is 8.68. The van der Waals surface area contributed by atoms with Gasteiger partial charge >= 0.3 is 5.97 Å². The second kappa shape index (κ2) is 7.11. The largest absolute Gasteiger partial charge is 0.465 e. The van der Waals surface area contributed by atoms with Crippen molar-refractivity contribution in [3.8, 4) is 0 Å². The number of carbonyl (C=O) groups excluding carboxylic acids is 1. The molecular formula is C19H22N4O3. The van der Waals surface area contributed by atoms with E-state index in [1.54, 1.807) is 16.8 Å². The van der Waals surface area contributed by atoms with Crippen LogP contribution >= 0.6 is 0 Å². The van der Waals surface area contributed by atoms with Gasteiger partial charge in [-0.15, -0.1) is 0 Å². The number of pyridine rings is 2. The minimum absolute atomic E-state index is 0.0188. The first kappa shape index (κ1) is 17.8. The lowest BCUT2D eigenvalue weighted by Gasteiger charge is -2.14. The topological polar surface area (TPSA) is 89.5 Å². The summed E-state index contributed by atoms with van der Waals surface area (Å²) >= 11 is 0. The number of nitrogens with zero attached hydrogens (tertiary/aromatic N) is 3. The molecule has 3 aromatic heterocycles. The van der Waals surface area contributed by atoms with Crippen LogP contribution in [0.5, 0.6) is 0 Å². The van der Waals surface area contributed by atoms with Crippen LogP contribution in [0.25, 0.3) is 16.7 Å².